The van der Waals surface area contributed by atoms with Gasteiger partial charge in [-0.2, -0.15) is 0 Å². The maximum atomic E-state index is 12.6. The van der Waals surface area contributed by atoms with Crippen LogP contribution in [0.25, 0.3) is 0 Å². The summed E-state index contributed by atoms with van der Waals surface area (Å²) in [6.45, 7) is 2.30. The minimum absolute atomic E-state index is 0.0598. The van der Waals surface area contributed by atoms with Crippen molar-refractivity contribution in [2.45, 2.75) is 0 Å². The minimum atomic E-state index is -0.233. The molecule has 1 saturated heterocycles. The number of anilines is 2. The van der Waals surface area contributed by atoms with Crippen LogP contribution in [0, 0.1) is 0 Å². The summed E-state index contributed by atoms with van der Waals surface area (Å²) >= 11 is 6.08. The molecule has 1 fully saturated rings. The summed E-state index contributed by atoms with van der Waals surface area (Å²) < 4.78 is 10.4. The van der Waals surface area contributed by atoms with E-state index in [-0.39, 0.29) is 18.4 Å². The highest BCUT2D eigenvalue weighted by molar-refractivity contribution is 6.32. The van der Waals surface area contributed by atoms with Gasteiger partial charge in [0.15, 0.2) is 0 Å². The molecule has 1 aliphatic heterocycles. The van der Waals surface area contributed by atoms with Gasteiger partial charge >= 0.3 is 0 Å². The second kappa shape index (κ2) is 9.43. The highest BCUT2D eigenvalue weighted by Gasteiger charge is 2.18. The number of carbonyl (C=O) groups is 2. The third kappa shape index (κ3) is 5.15. The van der Waals surface area contributed by atoms with Crippen molar-refractivity contribution in [2.75, 3.05) is 50.6 Å². The topological polar surface area (TPSA) is 79.9 Å². The number of halogens is 1. The lowest BCUT2D eigenvalue weighted by Gasteiger charge is -2.27. The van der Waals surface area contributed by atoms with Gasteiger partial charge in [-0.1, -0.05) is 17.7 Å². The van der Waals surface area contributed by atoms with E-state index in [1.54, 1.807) is 54.5 Å². The van der Waals surface area contributed by atoms with Gasteiger partial charge in [0.2, 0.25) is 5.91 Å². The first-order chi connectivity index (χ1) is 13.6. The van der Waals surface area contributed by atoms with E-state index in [1.807, 2.05) is 0 Å². The third-order valence-electron chi connectivity index (χ3n) is 4.30. The fraction of sp³-hybridized carbons (Fsp3) is 0.300. The van der Waals surface area contributed by atoms with E-state index in [9.17, 15) is 9.59 Å². The molecule has 2 aromatic carbocycles. The summed E-state index contributed by atoms with van der Waals surface area (Å²) in [6.07, 6.45) is 0. The minimum Gasteiger partial charge on any atom is -0.495 e. The summed E-state index contributed by atoms with van der Waals surface area (Å²) in [6, 6.07) is 12.1. The van der Waals surface area contributed by atoms with Crippen LogP contribution in [-0.2, 0) is 9.53 Å². The number of carbonyl (C=O) groups excluding carboxylic acids is 2. The molecule has 7 nitrogen and oxygen atoms in total. The average Bonchev–Trinajstić information content (AvgIpc) is 2.72. The molecule has 0 atom stereocenters. The Morgan fingerprint density at radius 1 is 1.14 bits per heavy atom. The Hall–Kier alpha value is -2.77. The Morgan fingerprint density at radius 3 is 2.64 bits per heavy atom. The molecule has 1 heterocycles. The number of hydrogen-bond acceptors (Lipinski definition) is 5. The van der Waals surface area contributed by atoms with Crippen molar-refractivity contribution in [3.63, 3.8) is 0 Å². The van der Waals surface area contributed by atoms with Crippen molar-refractivity contribution in [1.29, 1.82) is 0 Å². The van der Waals surface area contributed by atoms with E-state index in [2.05, 4.69) is 10.6 Å². The number of benzene rings is 2. The van der Waals surface area contributed by atoms with Crippen molar-refractivity contribution < 1.29 is 19.1 Å². The normalized spacial score (nSPS) is 13.7. The van der Waals surface area contributed by atoms with Crippen LogP contribution in [0.2, 0.25) is 5.02 Å². The molecule has 148 valence electrons. The van der Waals surface area contributed by atoms with E-state index in [0.717, 1.165) is 0 Å². The third-order valence-corrected chi connectivity index (χ3v) is 4.59. The molecule has 0 aliphatic carbocycles. The molecule has 0 saturated carbocycles. The van der Waals surface area contributed by atoms with Crippen molar-refractivity contribution >= 4 is 34.8 Å². The summed E-state index contributed by atoms with van der Waals surface area (Å²) in [5.74, 6) is 0.270. The predicted octanol–water partition coefficient (Wildman–Crippen LogP) is 2.87. The molecular weight excluding hydrogens is 382 g/mol. The molecule has 1 aliphatic rings. The van der Waals surface area contributed by atoms with Crippen LogP contribution in [0.3, 0.4) is 0 Å². The van der Waals surface area contributed by atoms with Crippen LogP contribution in [0.4, 0.5) is 11.4 Å². The molecule has 3 rings (SSSR count). The Balaban J connectivity index is 1.56. The Labute approximate surface area is 168 Å². The summed E-state index contributed by atoms with van der Waals surface area (Å²) in [5.41, 5.74) is 1.81. The number of nitrogens with one attached hydrogen (secondary N) is 2. The Bertz CT molecular complexity index is 853. The average molecular weight is 404 g/mol. The Morgan fingerprint density at radius 2 is 1.93 bits per heavy atom. The second-order valence-electron chi connectivity index (χ2n) is 6.24. The second-order valence-corrected chi connectivity index (χ2v) is 6.64. The zero-order chi connectivity index (χ0) is 19.9. The van der Waals surface area contributed by atoms with E-state index >= 15 is 0 Å². The van der Waals surface area contributed by atoms with Crippen molar-refractivity contribution in [3.8, 4) is 5.75 Å². The molecule has 0 bridgehead atoms. The van der Waals surface area contributed by atoms with Gasteiger partial charge in [-0.25, -0.2) is 0 Å². The quantitative estimate of drug-likeness (QED) is 0.775. The molecule has 2 amide bonds. The van der Waals surface area contributed by atoms with Crippen molar-refractivity contribution in [2.24, 2.45) is 0 Å². The van der Waals surface area contributed by atoms with Crippen molar-refractivity contribution in [3.05, 3.63) is 53.1 Å². The number of hydrogen-bond donors (Lipinski definition) is 2. The van der Waals surface area contributed by atoms with Gasteiger partial charge in [-0.3, -0.25) is 9.59 Å². The van der Waals surface area contributed by atoms with Crippen molar-refractivity contribution in [1.82, 2.24) is 4.90 Å². The summed E-state index contributed by atoms with van der Waals surface area (Å²) in [4.78, 5) is 26.5. The van der Waals surface area contributed by atoms with Gasteiger partial charge in [0, 0.05) is 30.0 Å². The standard InChI is InChI=1S/C20H22ClN3O4/c1-27-18-6-5-15(12-17(18)21)22-13-19(25)23-16-4-2-3-14(11-16)20(26)24-7-9-28-10-8-24/h2-6,11-12,22H,7-10,13H2,1H3,(H,23,25). The molecule has 0 aromatic heterocycles. The number of rotatable bonds is 6. The molecule has 2 aromatic rings. The van der Waals surface area contributed by atoms with Gasteiger partial charge in [0.25, 0.3) is 5.91 Å². The summed E-state index contributed by atoms with van der Waals surface area (Å²) in [7, 11) is 1.54. The predicted molar refractivity (Wildman–Crippen MR) is 108 cm³/mol. The Kier molecular flexibility index (Phi) is 6.73. The molecule has 28 heavy (non-hydrogen) atoms. The van der Waals surface area contributed by atoms with E-state index in [0.29, 0.717) is 54.0 Å². The van der Waals surface area contributed by atoms with Gasteiger partial charge < -0.3 is 25.0 Å². The van der Waals surface area contributed by atoms with E-state index in [1.165, 1.54) is 0 Å². The molecule has 2 N–H and O–H groups in total. The number of nitrogens with zero attached hydrogens (tertiary/aromatic N) is 1. The smallest absolute Gasteiger partial charge is 0.254 e. The molecule has 0 spiro atoms. The maximum Gasteiger partial charge on any atom is 0.254 e. The van der Waals surface area contributed by atoms with Crippen LogP contribution < -0.4 is 15.4 Å². The first kappa shape index (κ1) is 20.0. The van der Waals surface area contributed by atoms with E-state index < -0.39 is 0 Å². The highest BCUT2D eigenvalue weighted by Crippen LogP contribution is 2.27. The van der Waals surface area contributed by atoms with Gasteiger partial charge in [-0.05, 0) is 36.4 Å². The number of amides is 2. The lowest BCUT2D eigenvalue weighted by molar-refractivity contribution is -0.114. The SMILES string of the molecule is COc1ccc(NCC(=O)Nc2cccc(C(=O)N3CCOCC3)c2)cc1Cl. The fourth-order valence-electron chi connectivity index (χ4n) is 2.84. The zero-order valence-electron chi connectivity index (χ0n) is 15.5. The number of morpholine rings is 1. The van der Waals surface area contributed by atoms with Crippen LogP contribution in [0.5, 0.6) is 5.75 Å². The van der Waals surface area contributed by atoms with Gasteiger partial charge in [0.05, 0.1) is 31.9 Å². The van der Waals surface area contributed by atoms with Crippen LogP contribution >= 0.6 is 11.6 Å². The maximum absolute atomic E-state index is 12.6. The molecular formula is C20H22ClN3O4. The number of methoxy groups -OCH3 is 1. The lowest BCUT2D eigenvalue weighted by Crippen LogP contribution is -2.40. The first-order valence-electron chi connectivity index (χ1n) is 8.91. The molecule has 0 unspecified atom stereocenters. The van der Waals surface area contributed by atoms with E-state index in [4.69, 9.17) is 21.1 Å². The number of ether oxygens (including phenoxy) is 2. The zero-order valence-corrected chi connectivity index (χ0v) is 16.3. The van der Waals surface area contributed by atoms with Crippen LogP contribution in [0.15, 0.2) is 42.5 Å². The lowest BCUT2D eigenvalue weighted by atomic mass is 10.1. The van der Waals surface area contributed by atoms with Crippen LogP contribution in [0.1, 0.15) is 10.4 Å². The monoisotopic (exact) mass is 403 g/mol. The highest BCUT2D eigenvalue weighted by atomic mass is 35.5. The molecule has 8 heteroatoms. The molecule has 0 radical (unpaired) electrons. The summed E-state index contributed by atoms with van der Waals surface area (Å²) in [5, 5.41) is 6.26. The van der Waals surface area contributed by atoms with Gasteiger partial charge in [0.1, 0.15) is 5.75 Å². The largest absolute Gasteiger partial charge is 0.495 e. The van der Waals surface area contributed by atoms with Gasteiger partial charge in [-0.15, -0.1) is 0 Å². The fourth-order valence-corrected chi connectivity index (χ4v) is 3.10. The first-order valence-corrected chi connectivity index (χ1v) is 9.29. The van der Waals surface area contributed by atoms with Crippen LogP contribution in [-0.4, -0.2) is 56.7 Å².